The zero-order valence-corrected chi connectivity index (χ0v) is 37.4. The molecule has 13 nitrogen and oxygen atoms in total. The summed E-state index contributed by atoms with van der Waals surface area (Å²) in [5.74, 6) is -3.43. The summed E-state index contributed by atoms with van der Waals surface area (Å²) in [6.45, 7) is 5.05. The number of nitrogens with zero attached hydrogens (tertiary/aromatic N) is 1. The highest BCUT2D eigenvalue weighted by molar-refractivity contribution is 7.92. The van der Waals surface area contributed by atoms with Crippen LogP contribution in [0.3, 0.4) is 0 Å². The lowest BCUT2D eigenvalue weighted by Gasteiger charge is -2.23. The summed E-state index contributed by atoms with van der Waals surface area (Å²) in [5.41, 5.74) is -3.36. The lowest BCUT2D eigenvalue weighted by atomic mass is 10.0. The van der Waals surface area contributed by atoms with Gasteiger partial charge in [0.15, 0.2) is 11.6 Å². The number of unbranched alkanes of at least 4 members (excludes halogenated alkanes) is 15. The average Bonchev–Trinajstić information content (AvgIpc) is 3.44. The number of hydrogen-bond acceptors (Lipinski definition) is 10. The number of carbonyl (C=O) groups is 4. The maximum atomic E-state index is 14.4. The number of Topliss-reactive ketones (excluding diaryl/α,β-unsaturated/α-hetero) is 1. The summed E-state index contributed by atoms with van der Waals surface area (Å²) in [4.78, 5) is 68.5. The lowest BCUT2D eigenvalue weighted by Crippen LogP contribution is -2.53. The van der Waals surface area contributed by atoms with Gasteiger partial charge in [0.25, 0.3) is 21.8 Å². The van der Waals surface area contributed by atoms with Crippen LogP contribution in [-0.2, 0) is 24.3 Å². The first kappa shape index (κ1) is 47.8. The number of nitrogens with one attached hydrogen (secondary N) is 2. The molecule has 5 rings (SSSR count). The van der Waals surface area contributed by atoms with Crippen molar-refractivity contribution in [3.05, 3.63) is 93.8 Å². The molecule has 1 fully saturated rings. The molecule has 1 saturated heterocycles. The van der Waals surface area contributed by atoms with Crippen LogP contribution in [0, 0.1) is 0 Å². The summed E-state index contributed by atoms with van der Waals surface area (Å²) < 4.78 is 46.3. The molecule has 0 saturated carbocycles. The van der Waals surface area contributed by atoms with Gasteiger partial charge in [-0.1, -0.05) is 145 Å². The van der Waals surface area contributed by atoms with Crippen molar-refractivity contribution in [1.82, 2.24) is 4.90 Å². The molecule has 62 heavy (non-hydrogen) atoms. The van der Waals surface area contributed by atoms with Crippen LogP contribution in [0.5, 0.6) is 5.75 Å². The highest BCUT2D eigenvalue weighted by Gasteiger charge is 2.54. The average molecular weight is 893 g/mol. The third-order valence-corrected chi connectivity index (χ3v) is 12.5. The molecule has 15 heteroatoms. The molecule has 0 radical (unpaired) electrons. The van der Waals surface area contributed by atoms with E-state index < -0.39 is 56.5 Å². The quantitative estimate of drug-likeness (QED) is 0.0267. The number of carbonyl (C=O) groups excluding carboxylic acids is 4. The monoisotopic (exact) mass is 891 g/mol. The van der Waals surface area contributed by atoms with E-state index in [0.29, 0.717) is 16.7 Å². The topological polar surface area (TPSA) is 178 Å². The second-order valence-electron chi connectivity index (χ2n) is 16.2. The number of sulfonamides is 1. The molecule has 334 valence electrons. The Hall–Kier alpha value is -5.21. The van der Waals surface area contributed by atoms with Crippen molar-refractivity contribution in [3.8, 4) is 5.75 Å². The fraction of sp³-hybridized carbons (Fsp3) is 0.468. The second-order valence-corrected chi connectivity index (χ2v) is 18.3. The summed E-state index contributed by atoms with van der Waals surface area (Å²) in [5, 5.41) is 3.01. The van der Waals surface area contributed by atoms with Crippen LogP contribution >= 0.6 is 11.6 Å². The molecule has 2 heterocycles. The largest absolute Gasteiger partial charge is 0.491 e. The van der Waals surface area contributed by atoms with Gasteiger partial charge in [-0.25, -0.2) is 22.9 Å². The number of imide groups is 1. The van der Waals surface area contributed by atoms with Gasteiger partial charge in [-0.05, 0) is 62.7 Å². The van der Waals surface area contributed by atoms with Crippen LogP contribution in [0.4, 0.5) is 16.2 Å². The standard InChI is InChI=1S/C47H58ClN3O10S/c1-4-5-6-7-8-9-10-11-12-13-14-15-16-17-18-23-30-59-40-29-28-34(62(57,58)50-37-26-21-20-25-36(37)48)32-38(40)49-43(53)41(51-45(55)47(2,3)61-46(51)56)42(52)35-31-33-24-19-22-27-39(33)60-44(35)54/h19-22,24-29,31-32,41,50H,4-18,23,30H2,1-3H3,(H,49,53). The number of para-hydroxylation sites is 2. The Balaban J connectivity index is 1.29. The Kier molecular flexibility index (Phi) is 17.6. The van der Waals surface area contributed by atoms with Crippen LogP contribution < -0.4 is 20.4 Å². The number of anilines is 2. The predicted molar refractivity (Wildman–Crippen MR) is 240 cm³/mol. The lowest BCUT2D eigenvalue weighted by molar-refractivity contribution is -0.137. The number of fused-ring (bicyclic) bond motifs is 1. The molecular formula is C47H58ClN3O10S. The fourth-order valence-corrected chi connectivity index (χ4v) is 8.67. The third kappa shape index (κ3) is 12.9. The SMILES string of the molecule is CCCCCCCCCCCCCCCCCCOc1ccc(S(=O)(=O)Nc2ccccc2Cl)cc1NC(=O)C(C(=O)c1cc2ccccc2oc1=O)N1C(=O)OC(C)(C)C1=O. The molecule has 0 bridgehead atoms. The number of cyclic esters (lactones) is 1. The van der Waals surface area contributed by atoms with Gasteiger partial charge in [0.05, 0.1) is 27.9 Å². The molecule has 1 aliphatic rings. The maximum Gasteiger partial charge on any atom is 0.418 e. The Labute approximate surface area is 368 Å². The first-order valence-corrected chi connectivity index (χ1v) is 23.6. The second kappa shape index (κ2) is 22.8. The fourth-order valence-electron chi connectivity index (χ4n) is 7.32. The number of amides is 3. The summed E-state index contributed by atoms with van der Waals surface area (Å²) in [6, 6.07) is 15.3. The first-order valence-electron chi connectivity index (χ1n) is 21.7. The summed E-state index contributed by atoms with van der Waals surface area (Å²) >= 11 is 6.23. The number of benzene rings is 3. The van der Waals surface area contributed by atoms with E-state index in [-0.39, 0.29) is 39.2 Å². The number of halogens is 1. The van der Waals surface area contributed by atoms with E-state index in [1.807, 2.05) is 0 Å². The highest BCUT2D eigenvalue weighted by Crippen LogP contribution is 2.33. The van der Waals surface area contributed by atoms with Crippen LogP contribution in [-0.4, -0.2) is 55.3 Å². The molecule has 1 aliphatic heterocycles. The van der Waals surface area contributed by atoms with Crippen LogP contribution in [0.15, 0.2) is 86.9 Å². The van der Waals surface area contributed by atoms with E-state index in [2.05, 4.69) is 17.0 Å². The molecule has 1 unspecified atom stereocenters. The minimum absolute atomic E-state index is 0.0584. The maximum absolute atomic E-state index is 14.4. The molecule has 3 amide bonds. The van der Waals surface area contributed by atoms with Crippen LogP contribution in [0.25, 0.3) is 11.0 Å². The van der Waals surface area contributed by atoms with Gasteiger partial charge < -0.3 is 19.2 Å². The molecule has 2 N–H and O–H groups in total. The minimum atomic E-state index is -4.32. The minimum Gasteiger partial charge on any atom is -0.491 e. The van der Waals surface area contributed by atoms with Crippen molar-refractivity contribution in [3.63, 3.8) is 0 Å². The van der Waals surface area contributed by atoms with Gasteiger partial charge in [-0.15, -0.1) is 0 Å². The van der Waals surface area contributed by atoms with E-state index in [1.165, 1.54) is 121 Å². The smallest absolute Gasteiger partial charge is 0.418 e. The molecule has 4 aromatic rings. The van der Waals surface area contributed by atoms with Gasteiger partial charge in [0.1, 0.15) is 16.9 Å². The number of hydrogen-bond donors (Lipinski definition) is 2. The Morgan fingerprint density at radius 3 is 1.94 bits per heavy atom. The molecule has 0 aliphatic carbocycles. The highest BCUT2D eigenvalue weighted by atomic mass is 35.5. The number of ether oxygens (including phenoxy) is 2. The first-order chi connectivity index (χ1) is 29.7. The third-order valence-electron chi connectivity index (χ3n) is 10.8. The van der Waals surface area contributed by atoms with E-state index in [0.717, 1.165) is 31.7 Å². The zero-order chi connectivity index (χ0) is 44.7. The predicted octanol–water partition coefficient (Wildman–Crippen LogP) is 10.8. The van der Waals surface area contributed by atoms with Gasteiger partial charge >= 0.3 is 11.7 Å². The van der Waals surface area contributed by atoms with Crippen molar-refractivity contribution >= 4 is 67.7 Å². The van der Waals surface area contributed by atoms with Crippen molar-refractivity contribution < 1.29 is 41.5 Å². The van der Waals surface area contributed by atoms with Gasteiger partial charge in [0.2, 0.25) is 5.78 Å². The van der Waals surface area contributed by atoms with Gasteiger partial charge in [-0.3, -0.25) is 19.1 Å². The van der Waals surface area contributed by atoms with Crippen molar-refractivity contribution in [2.75, 3.05) is 16.6 Å². The van der Waals surface area contributed by atoms with E-state index >= 15 is 0 Å². The van der Waals surface area contributed by atoms with Crippen molar-refractivity contribution in [1.29, 1.82) is 0 Å². The van der Waals surface area contributed by atoms with Crippen molar-refractivity contribution in [2.24, 2.45) is 0 Å². The molecular weight excluding hydrogens is 834 g/mol. The molecule has 0 spiro atoms. The molecule has 1 atom stereocenters. The Morgan fingerprint density at radius 1 is 0.758 bits per heavy atom. The van der Waals surface area contributed by atoms with E-state index in [4.69, 9.17) is 25.5 Å². The van der Waals surface area contributed by atoms with Crippen molar-refractivity contribution in [2.45, 2.75) is 140 Å². The number of ketones is 1. The summed E-state index contributed by atoms with van der Waals surface area (Å²) in [6.07, 6.45) is 17.9. The molecule has 3 aromatic carbocycles. The Morgan fingerprint density at radius 2 is 1.34 bits per heavy atom. The Bertz CT molecular complexity index is 2360. The van der Waals surface area contributed by atoms with Gasteiger partial charge in [-0.2, -0.15) is 0 Å². The van der Waals surface area contributed by atoms with E-state index in [9.17, 15) is 32.4 Å². The van der Waals surface area contributed by atoms with Crippen LogP contribution in [0.2, 0.25) is 5.02 Å². The zero-order valence-electron chi connectivity index (χ0n) is 35.8. The van der Waals surface area contributed by atoms with Gasteiger partial charge in [0, 0.05) is 5.39 Å². The van der Waals surface area contributed by atoms with Crippen LogP contribution in [0.1, 0.15) is 134 Å². The molecule has 1 aromatic heterocycles. The summed E-state index contributed by atoms with van der Waals surface area (Å²) in [7, 11) is -4.32. The normalized spacial score (nSPS) is 14.2. The van der Waals surface area contributed by atoms with E-state index in [1.54, 1.807) is 30.3 Å². The number of rotatable bonds is 26.